The highest BCUT2D eigenvalue weighted by Crippen LogP contribution is 2.67. The SMILES string of the molecule is CCc1cc2c3c(c4c(c2cc1-c1ccc2ccccc2c1)-c1ccccc1C41CC(C)(C)CC(C)(C)C1)C=CC(c1ccc(OC)cc1)(c1ccc(N2CCOCC2)cc1)O3. The van der Waals surface area contributed by atoms with Gasteiger partial charge in [-0.1, -0.05) is 126 Å². The van der Waals surface area contributed by atoms with Crippen molar-refractivity contribution in [1.82, 2.24) is 0 Å². The second-order valence-electron chi connectivity index (χ2n) is 20.0. The number of ether oxygens (including phenoxy) is 3. The Balaban J connectivity index is 1.21. The van der Waals surface area contributed by atoms with Gasteiger partial charge in [-0.15, -0.1) is 0 Å². The van der Waals surface area contributed by atoms with Crippen LogP contribution in [0.1, 0.15) is 87.3 Å². The van der Waals surface area contributed by atoms with E-state index in [4.69, 9.17) is 14.2 Å². The van der Waals surface area contributed by atoms with Gasteiger partial charge in [-0.25, -0.2) is 0 Å². The minimum Gasteiger partial charge on any atom is -0.497 e. The van der Waals surface area contributed by atoms with Crippen molar-refractivity contribution in [3.8, 4) is 33.8 Å². The van der Waals surface area contributed by atoms with Crippen molar-refractivity contribution in [3.05, 3.63) is 167 Å². The Labute approximate surface area is 367 Å². The number of methoxy groups -OCH3 is 1. The first-order chi connectivity index (χ1) is 30.0. The molecule has 0 amide bonds. The van der Waals surface area contributed by atoms with Crippen LogP contribution in [0.15, 0.2) is 133 Å². The third kappa shape index (κ3) is 6.12. The molecule has 0 bridgehead atoms. The zero-order chi connectivity index (χ0) is 42.4. The van der Waals surface area contributed by atoms with Gasteiger partial charge in [0, 0.05) is 46.3 Å². The highest BCUT2D eigenvalue weighted by Gasteiger charge is 2.55. The molecule has 4 aliphatic rings. The summed E-state index contributed by atoms with van der Waals surface area (Å²) in [7, 11) is 1.73. The van der Waals surface area contributed by atoms with Crippen molar-refractivity contribution >= 4 is 33.3 Å². The maximum Gasteiger partial charge on any atom is 0.178 e. The molecule has 1 saturated heterocycles. The van der Waals surface area contributed by atoms with Crippen LogP contribution in [0.2, 0.25) is 0 Å². The molecule has 1 unspecified atom stereocenters. The molecule has 312 valence electrons. The van der Waals surface area contributed by atoms with Crippen molar-refractivity contribution < 1.29 is 14.2 Å². The van der Waals surface area contributed by atoms with E-state index in [0.29, 0.717) is 0 Å². The summed E-state index contributed by atoms with van der Waals surface area (Å²) >= 11 is 0. The van der Waals surface area contributed by atoms with Crippen LogP contribution < -0.4 is 14.4 Å². The second kappa shape index (κ2) is 14.4. The van der Waals surface area contributed by atoms with Crippen molar-refractivity contribution in [1.29, 1.82) is 0 Å². The normalized spacial score (nSPS) is 20.5. The number of rotatable bonds is 6. The monoisotopic (exact) mass is 815 g/mol. The topological polar surface area (TPSA) is 30.9 Å². The third-order valence-corrected chi connectivity index (χ3v) is 14.6. The molecular formula is C58H57NO3. The minimum absolute atomic E-state index is 0.134. The van der Waals surface area contributed by atoms with Crippen LogP contribution in [-0.4, -0.2) is 33.4 Å². The van der Waals surface area contributed by atoms with Crippen LogP contribution in [0.3, 0.4) is 0 Å². The van der Waals surface area contributed by atoms with E-state index in [0.717, 1.165) is 68.2 Å². The van der Waals surface area contributed by atoms with Gasteiger partial charge in [0.25, 0.3) is 0 Å². The fourth-order valence-electron chi connectivity index (χ4n) is 12.7. The molecule has 0 radical (unpaired) electrons. The second-order valence-corrected chi connectivity index (χ2v) is 20.0. The van der Waals surface area contributed by atoms with Gasteiger partial charge in [-0.3, -0.25) is 0 Å². The van der Waals surface area contributed by atoms with Crippen LogP contribution >= 0.6 is 0 Å². The fraction of sp³-hybridized carbons (Fsp3) is 0.310. The predicted octanol–water partition coefficient (Wildman–Crippen LogP) is 13.9. The smallest absolute Gasteiger partial charge is 0.178 e. The van der Waals surface area contributed by atoms with Gasteiger partial charge in [0.05, 0.1) is 20.3 Å². The molecule has 1 atom stereocenters. The lowest BCUT2D eigenvalue weighted by Crippen LogP contribution is -2.44. The number of aryl methyl sites for hydroxylation is 1. The first-order valence-electron chi connectivity index (χ1n) is 22.7. The van der Waals surface area contributed by atoms with E-state index in [2.05, 4.69) is 179 Å². The Bertz CT molecular complexity index is 2900. The van der Waals surface area contributed by atoms with E-state index in [9.17, 15) is 0 Å². The molecule has 4 heteroatoms. The Morgan fingerprint density at radius 1 is 0.661 bits per heavy atom. The lowest BCUT2D eigenvalue weighted by atomic mass is 9.52. The molecule has 2 aliphatic heterocycles. The van der Waals surface area contributed by atoms with Crippen LogP contribution in [-0.2, 0) is 22.2 Å². The van der Waals surface area contributed by atoms with Gasteiger partial charge < -0.3 is 19.1 Å². The summed E-state index contributed by atoms with van der Waals surface area (Å²) in [5.41, 5.74) is 13.3. The van der Waals surface area contributed by atoms with E-state index < -0.39 is 5.60 Å². The number of hydrogen-bond acceptors (Lipinski definition) is 4. The van der Waals surface area contributed by atoms with Gasteiger partial charge in [0.1, 0.15) is 11.5 Å². The van der Waals surface area contributed by atoms with E-state index in [-0.39, 0.29) is 16.2 Å². The zero-order valence-electron chi connectivity index (χ0n) is 37.1. The number of hydrogen-bond donors (Lipinski definition) is 0. The van der Waals surface area contributed by atoms with Gasteiger partial charge in [0.2, 0.25) is 0 Å². The number of anilines is 1. The molecule has 1 spiro atoms. The average molecular weight is 816 g/mol. The van der Waals surface area contributed by atoms with Crippen LogP contribution in [0, 0.1) is 10.8 Å². The van der Waals surface area contributed by atoms with E-state index in [1.807, 2.05) is 0 Å². The van der Waals surface area contributed by atoms with Crippen LogP contribution in [0.5, 0.6) is 11.5 Å². The molecule has 7 aromatic rings. The van der Waals surface area contributed by atoms with Gasteiger partial charge in [-0.05, 0) is 140 Å². The summed E-state index contributed by atoms with van der Waals surface area (Å²) < 4.78 is 19.4. The van der Waals surface area contributed by atoms with Crippen molar-refractivity contribution in [2.75, 3.05) is 38.3 Å². The first-order valence-corrected chi connectivity index (χ1v) is 22.7. The zero-order valence-corrected chi connectivity index (χ0v) is 37.1. The molecule has 0 aromatic heterocycles. The van der Waals surface area contributed by atoms with Gasteiger partial charge in [0.15, 0.2) is 5.60 Å². The Hall–Kier alpha value is -5.84. The van der Waals surface area contributed by atoms with Gasteiger partial charge >= 0.3 is 0 Å². The average Bonchev–Trinajstić information content (AvgIpc) is 3.55. The molecule has 7 aromatic carbocycles. The molecule has 2 aliphatic carbocycles. The Morgan fingerprint density at radius 3 is 2.05 bits per heavy atom. The fourth-order valence-corrected chi connectivity index (χ4v) is 12.7. The molecule has 4 nitrogen and oxygen atoms in total. The summed E-state index contributed by atoms with van der Waals surface area (Å²) in [6.45, 7) is 15.6. The van der Waals surface area contributed by atoms with Crippen molar-refractivity contribution in [3.63, 3.8) is 0 Å². The largest absolute Gasteiger partial charge is 0.497 e. The lowest BCUT2D eigenvalue weighted by Gasteiger charge is -2.52. The number of nitrogens with zero attached hydrogens (tertiary/aromatic N) is 1. The Kier molecular flexibility index (Phi) is 9.04. The maximum absolute atomic E-state index is 7.97. The summed E-state index contributed by atoms with van der Waals surface area (Å²) in [6, 6.07) is 47.6. The lowest BCUT2D eigenvalue weighted by molar-refractivity contribution is 0.0642. The summed E-state index contributed by atoms with van der Waals surface area (Å²) in [5, 5.41) is 4.97. The van der Waals surface area contributed by atoms with Gasteiger partial charge in [-0.2, -0.15) is 0 Å². The highest BCUT2D eigenvalue weighted by molar-refractivity contribution is 6.10. The Morgan fingerprint density at radius 2 is 1.34 bits per heavy atom. The number of fused-ring (bicyclic) bond motifs is 11. The quantitative estimate of drug-likeness (QED) is 0.167. The predicted molar refractivity (Wildman–Crippen MR) is 257 cm³/mol. The summed E-state index contributed by atoms with van der Waals surface area (Å²) in [6.07, 6.45) is 9.05. The highest BCUT2D eigenvalue weighted by atomic mass is 16.5. The number of morpholine rings is 1. The maximum atomic E-state index is 7.97. The summed E-state index contributed by atoms with van der Waals surface area (Å²) in [5.74, 6) is 1.80. The molecule has 11 rings (SSSR count). The van der Waals surface area contributed by atoms with Crippen LogP contribution in [0.4, 0.5) is 5.69 Å². The van der Waals surface area contributed by atoms with Crippen molar-refractivity contribution in [2.24, 2.45) is 10.8 Å². The molecule has 62 heavy (non-hydrogen) atoms. The molecule has 1 saturated carbocycles. The standard InChI is InChI=1S/C58H57NO3/c1-7-38-33-50-49(34-48(38)41-17-16-39-12-8-9-13-40(39)32-41)52-46-14-10-11-15-51(46)57(36-55(2,3)35-56(4,5)37-57)53(52)47-26-27-58(62-54(47)50,43-20-24-45(60-6)25-21-43)42-18-22-44(23-19-42)59-28-30-61-31-29-59/h8-27,32-34H,7,28-31,35-37H2,1-6H3. The minimum atomic E-state index is -0.892. The molecule has 0 N–H and O–H groups in total. The first kappa shape index (κ1) is 39.0. The van der Waals surface area contributed by atoms with Crippen LogP contribution in [0.25, 0.3) is 49.9 Å². The van der Waals surface area contributed by atoms with E-state index in [1.165, 1.54) is 78.2 Å². The molecule has 2 heterocycles. The molecular weight excluding hydrogens is 759 g/mol. The van der Waals surface area contributed by atoms with E-state index >= 15 is 0 Å². The summed E-state index contributed by atoms with van der Waals surface area (Å²) in [4.78, 5) is 2.42. The van der Waals surface area contributed by atoms with E-state index in [1.54, 1.807) is 7.11 Å². The third-order valence-electron chi connectivity index (χ3n) is 14.6. The van der Waals surface area contributed by atoms with Crippen molar-refractivity contribution in [2.45, 2.75) is 71.3 Å². The molecule has 2 fully saturated rings. The number of benzene rings is 7.